The number of rotatable bonds is 7. The first-order chi connectivity index (χ1) is 13.1. The Labute approximate surface area is 156 Å². The average Bonchev–Trinajstić information content (AvgIpc) is 3.35. The van der Waals surface area contributed by atoms with Crippen LogP contribution in [0.2, 0.25) is 0 Å². The zero-order valence-electron chi connectivity index (χ0n) is 15.1. The Morgan fingerprint density at radius 2 is 1.89 bits per heavy atom. The number of nitrogens with one attached hydrogen (secondary N) is 3. The molecule has 140 valence electrons. The third kappa shape index (κ3) is 4.57. The van der Waals surface area contributed by atoms with Crippen LogP contribution in [-0.4, -0.2) is 36.8 Å². The van der Waals surface area contributed by atoms with Gasteiger partial charge >= 0.3 is 0 Å². The third-order valence-electron chi connectivity index (χ3n) is 4.01. The minimum atomic E-state index is -0.483. The molecule has 27 heavy (non-hydrogen) atoms. The number of aromatic amines is 1. The topological polar surface area (TPSA) is 118 Å². The number of anilines is 2. The molecular weight excluding hydrogens is 346 g/mol. The van der Waals surface area contributed by atoms with E-state index in [0.29, 0.717) is 17.1 Å². The number of benzene rings is 1. The molecule has 2 aromatic heterocycles. The number of hydrogen-bond donors (Lipinski definition) is 3. The third-order valence-corrected chi connectivity index (χ3v) is 4.01. The van der Waals surface area contributed by atoms with Gasteiger partial charge in [0.1, 0.15) is 18.7 Å². The number of aromatic nitrogens is 5. The highest BCUT2D eigenvalue weighted by Gasteiger charge is 2.15. The van der Waals surface area contributed by atoms with E-state index in [0.717, 1.165) is 18.5 Å². The Balaban J connectivity index is 1.58. The van der Waals surface area contributed by atoms with Crippen molar-refractivity contribution in [3.05, 3.63) is 54.4 Å². The predicted molar refractivity (Wildman–Crippen MR) is 100 cm³/mol. The van der Waals surface area contributed by atoms with Crippen LogP contribution in [0.5, 0.6) is 0 Å². The molecule has 0 aliphatic rings. The number of nitrogens with zero attached hydrogens (tertiary/aromatic N) is 4. The highest BCUT2D eigenvalue weighted by Crippen LogP contribution is 2.16. The quantitative estimate of drug-likeness (QED) is 0.593. The van der Waals surface area contributed by atoms with Crippen LogP contribution in [0.1, 0.15) is 42.5 Å². The fourth-order valence-corrected chi connectivity index (χ4v) is 2.49. The first-order valence-electron chi connectivity index (χ1n) is 8.67. The van der Waals surface area contributed by atoms with Crippen molar-refractivity contribution in [2.75, 3.05) is 10.6 Å². The highest BCUT2D eigenvalue weighted by atomic mass is 16.2. The van der Waals surface area contributed by atoms with Crippen molar-refractivity contribution in [3.8, 4) is 0 Å². The van der Waals surface area contributed by atoms with Crippen molar-refractivity contribution >= 4 is 23.2 Å². The summed E-state index contributed by atoms with van der Waals surface area (Å²) < 4.78 is 1.47. The van der Waals surface area contributed by atoms with Gasteiger partial charge in [-0.3, -0.25) is 14.7 Å². The molecule has 0 radical (unpaired) electrons. The van der Waals surface area contributed by atoms with Gasteiger partial charge in [0.2, 0.25) is 5.91 Å². The maximum atomic E-state index is 12.2. The molecule has 0 saturated heterocycles. The predicted octanol–water partition coefficient (Wildman–Crippen LogP) is 2.41. The Bertz CT molecular complexity index is 900. The summed E-state index contributed by atoms with van der Waals surface area (Å²) in [5.41, 5.74) is 2.51. The van der Waals surface area contributed by atoms with Crippen LogP contribution in [0.3, 0.4) is 0 Å². The van der Waals surface area contributed by atoms with Gasteiger partial charge in [0.05, 0.1) is 0 Å². The molecule has 0 spiro atoms. The average molecular weight is 367 g/mol. The SMILES string of the molecule is CCCc1cc(C(=O)Nc2ccc(NC(=O)C(C)n3cncn3)cc2)n[nH]1. The van der Waals surface area contributed by atoms with Gasteiger partial charge in [-0.25, -0.2) is 9.67 Å². The maximum Gasteiger partial charge on any atom is 0.276 e. The maximum absolute atomic E-state index is 12.2. The molecule has 2 amide bonds. The first-order valence-corrected chi connectivity index (χ1v) is 8.67. The molecule has 0 fully saturated rings. The summed E-state index contributed by atoms with van der Waals surface area (Å²) in [6.07, 6.45) is 4.70. The van der Waals surface area contributed by atoms with Crippen molar-refractivity contribution in [1.82, 2.24) is 25.0 Å². The first kappa shape index (κ1) is 18.3. The Morgan fingerprint density at radius 1 is 1.19 bits per heavy atom. The molecule has 1 aromatic carbocycles. The summed E-state index contributed by atoms with van der Waals surface area (Å²) in [7, 11) is 0. The van der Waals surface area contributed by atoms with E-state index in [4.69, 9.17) is 0 Å². The van der Waals surface area contributed by atoms with Crippen LogP contribution in [0, 0.1) is 0 Å². The smallest absolute Gasteiger partial charge is 0.276 e. The van der Waals surface area contributed by atoms with Crippen LogP contribution < -0.4 is 10.6 Å². The van der Waals surface area contributed by atoms with Gasteiger partial charge in [-0.05, 0) is 43.7 Å². The minimum Gasteiger partial charge on any atom is -0.324 e. The molecule has 0 bridgehead atoms. The van der Waals surface area contributed by atoms with Crippen LogP contribution in [0.15, 0.2) is 43.0 Å². The number of aryl methyl sites for hydroxylation is 1. The second-order valence-electron chi connectivity index (χ2n) is 6.10. The fourth-order valence-electron chi connectivity index (χ4n) is 2.49. The summed E-state index contributed by atoms with van der Waals surface area (Å²) in [5.74, 6) is -0.498. The molecule has 3 N–H and O–H groups in total. The van der Waals surface area contributed by atoms with Gasteiger partial charge in [0.15, 0.2) is 5.69 Å². The van der Waals surface area contributed by atoms with E-state index in [2.05, 4.69) is 37.8 Å². The van der Waals surface area contributed by atoms with Crippen molar-refractivity contribution in [1.29, 1.82) is 0 Å². The Morgan fingerprint density at radius 3 is 2.52 bits per heavy atom. The summed E-state index contributed by atoms with van der Waals surface area (Å²) in [6, 6.07) is 8.13. The van der Waals surface area contributed by atoms with Crippen LogP contribution in [0.25, 0.3) is 0 Å². The van der Waals surface area contributed by atoms with E-state index in [-0.39, 0.29) is 11.8 Å². The molecule has 3 aromatic rings. The van der Waals surface area contributed by atoms with Crippen molar-refractivity contribution in [3.63, 3.8) is 0 Å². The molecule has 0 saturated carbocycles. The van der Waals surface area contributed by atoms with E-state index in [1.165, 1.54) is 17.3 Å². The van der Waals surface area contributed by atoms with Crippen molar-refractivity contribution < 1.29 is 9.59 Å². The van der Waals surface area contributed by atoms with Gasteiger partial charge in [0.25, 0.3) is 5.91 Å². The normalized spacial score (nSPS) is 11.8. The lowest BCUT2D eigenvalue weighted by Crippen LogP contribution is -2.24. The van der Waals surface area contributed by atoms with E-state index >= 15 is 0 Å². The zero-order valence-corrected chi connectivity index (χ0v) is 15.1. The lowest BCUT2D eigenvalue weighted by molar-refractivity contribution is -0.119. The van der Waals surface area contributed by atoms with Crippen LogP contribution in [-0.2, 0) is 11.2 Å². The Hall–Kier alpha value is -3.49. The zero-order chi connectivity index (χ0) is 19.2. The van der Waals surface area contributed by atoms with E-state index < -0.39 is 6.04 Å². The molecule has 1 atom stereocenters. The van der Waals surface area contributed by atoms with Crippen LogP contribution >= 0.6 is 0 Å². The summed E-state index contributed by atoms with van der Waals surface area (Å²) in [5, 5.41) is 16.4. The van der Waals surface area contributed by atoms with E-state index in [1.807, 2.05) is 0 Å². The number of hydrogen-bond acceptors (Lipinski definition) is 5. The molecular formula is C18H21N7O2. The van der Waals surface area contributed by atoms with Gasteiger partial charge in [-0.2, -0.15) is 10.2 Å². The van der Waals surface area contributed by atoms with E-state index in [9.17, 15) is 9.59 Å². The van der Waals surface area contributed by atoms with Gasteiger partial charge < -0.3 is 10.6 Å². The summed E-state index contributed by atoms with van der Waals surface area (Å²) in [4.78, 5) is 28.3. The second-order valence-corrected chi connectivity index (χ2v) is 6.10. The molecule has 0 aliphatic carbocycles. The van der Waals surface area contributed by atoms with Gasteiger partial charge in [-0.15, -0.1) is 0 Å². The molecule has 9 heteroatoms. The number of carbonyl (C=O) groups is 2. The number of carbonyl (C=O) groups excluding carboxylic acids is 2. The molecule has 2 heterocycles. The number of amides is 2. The lowest BCUT2D eigenvalue weighted by Gasteiger charge is -2.12. The van der Waals surface area contributed by atoms with Gasteiger partial charge in [0, 0.05) is 17.1 Å². The van der Waals surface area contributed by atoms with Crippen molar-refractivity contribution in [2.24, 2.45) is 0 Å². The summed E-state index contributed by atoms with van der Waals surface area (Å²) >= 11 is 0. The van der Waals surface area contributed by atoms with E-state index in [1.54, 1.807) is 37.3 Å². The van der Waals surface area contributed by atoms with Gasteiger partial charge in [-0.1, -0.05) is 13.3 Å². The molecule has 1 unspecified atom stereocenters. The Kier molecular flexibility index (Phi) is 5.60. The molecule has 3 rings (SSSR count). The van der Waals surface area contributed by atoms with Crippen molar-refractivity contribution in [2.45, 2.75) is 32.7 Å². The standard InChI is InChI=1S/C18H21N7O2/c1-3-4-15-9-16(24-23-15)18(27)22-14-7-5-13(6-8-14)21-17(26)12(2)25-11-19-10-20-25/h5-12H,3-4H2,1-2H3,(H,21,26)(H,22,27)(H,23,24). The number of H-pyrrole nitrogens is 1. The monoisotopic (exact) mass is 367 g/mol. The lowest BCUT2D eigenvalue weighted by atomic mass is 10.2. The second kappa shape index (κ2) is 8.26. The fraction of sp³-hybridized carbons (Fsp3) is 0.278. The molecule has 9 nitrogen and oxygen atoms in total. The highest BCUT2D eigenvalue weighted by molar-refractivity contribution is 6.03. The molecule has 0 aliphatic heterocycles. The van der Waals surface area contributed by atoms with Crippen LogP contribution in [0.4, 0.5) is 11.4 Å². The minimum absolute atomic E-state index is 0.211. The summed E-state index contributed by atoms with van der Waals surface area (Å²) in [6.45, 7) is 3.79. The largest absolute Gasteiger partial charge is 0.324 e.